The SMILES string of the molecule is CCc1ccccc1C1NCC(C)CS1. The zero-order chi connectivity index (χ0) is 10.7. The Kier molecular flexibility index (Phi) is 3.71. The van der Waals surface area contributed by atoms with Gasteiger partial charge in [0, 0.05) is 0 Å². The molecule has 2 rings (SSSR count). The Morgan fingerprint density at radius 3 is 2.87 bits per heavy atom. The molecule has 0 amide bonds. The van der Waals surface area contributed by atoms with E-state index in [1.54, 1.807) is 0 Å². The maximum Gasteiger partial charge on any atom is 0.0792 e. The van der Waals surface area contributed by atoms with Crippen molar-refractivity contribution in [2.24, 2.45) is 5.92 Å². The van der Waals surface area contributed by atoms with E-state index in [9.17, 15) is 0 Å². The molecule has 82 valence electrons. The molecule has 1 aromatic rings. The van der Waals surface area contributed by atoms with Gasteiger partial charge in [0.15, 0.2) is 0 Å². The average Bonchev–Trinajstić information content (AvgIpc) is 2.30. The second-order valence-corrected chi connectivity index (χ2v) is 5.42. The lowest BCUT2D eigenvalue weighted by Gasteiger charge is -2.28. The number of hydrogen-bond donors (Lipinski definition) is 1. The molecular weight excluding hydrogens is 202 g/mol. The van der Waals surface area contributed by atoms with E-state index in [0.717, 1.165) is 18.9 Å². The first-order valence-corrected chi connectivity index (χ1v) is 6.79. The Morgan fingerprint density at radius 2 is 2.20 bits per heavy atom. The van der Waals surface area contributed by atoms with Crippen LogP contribution in [0, 0.1) is 5.92 Å². The molecule has 1 heterocycles. The van der Waals surface area contributed by atoms with E-state index in [2.05, 4.69) is 43.4 Å². The number of nitrogens with one attached hydrogen (secondary N) is 1. The van der Waals surface area contributed by atoms with Crippen LogP contribution in [0.5, 0.6) is 0 Å². The molecule has 1 saturated heterocycles. The molecular formula is C13H19NS. The average molecular weight is 221 g/mol. The summed E-state index contributed by atoms with van der Waals surface area (Å²) in [4.78, 5) is 0. The van der Waals surface area contributed by atoms with Gasteiger partial charge in [0.2, 0.25) is 0 Å². The van der Waals surface area contributed by atoms with Gasteiger partial charge in [-0.25, -0.2) is 0 Å². The first-order chi connectivity index (χ1) is 7.31. The number of hydrogen-bond acceptors (Lipinski definition) is 2. The lowest BCUT2D eigenvalue weighted by molar-refractivity contribution is 0.528. The van der Waals surface area contributed by atoms with Crippen LogP contribution in [0.1, 0.15) is 30.3 Å². The second kappa shape index (κ2) is 5.04. The van der Waals surface area contributed by atoms with Gasteiger partial charge in [-0.05, 0) is 35.8 Å². The number of rotatable bonds is 2. The van der Waals surface area contributed by atoms with E-state index in [4.69, 9.17) is 0 Å². The highest BCUT2D eigenvalue weighted by Gasteiger charge is 2.20. The fourth-order valence-electron chi connectivity index (χ4n) is 2.00. The van der Waals surface area contributed by atoms with Crippen molar-refractivity contribution >= 4 is 11.8 Å². The molecule has 0 bridgehead atoms. The van der Waals surface area contributed by atoms with Gasteiger partial charge in [-0.2, -0.15) is 0 Å². The largest absolute Gasteiger partial charge is 0.301 e. The van der Waals surface area contributed by atoms with Crippen molar-refractivity contribution in [3.05, 3.63) is 35.4 Å². The van der Waals surface area contributed by atoms with E-state index < -0.39 is 0 Å². The zero-order valence-corrected chi connectivity index (χ0v) is 10.3. The molecule has 1 N–H and O–H groups in total. The lowest BCUT2D eigenvalue weighted by Crippen LogP contribution is -2.31. The smallest absolute Gasteiger partial charge is 0.0792 e. The van der Waals surface area contributed by atoms with Gasteiger partial charge >= 0.3 is 0 Å². The van der Waals surface area contributed by atoms with Gasteiger partial charge in [-0.15, -0.1) is 11.8 Å². The Morgan fingerprint density at radius 1 is 1.40 bits per heavy atom. The second-order valence-electron chi connectivity index (χ2n) is 4.28. The van der Waals surface area contributed by atoms with E-state index in [0.29, 0.717) is 5.37 Å². The zero-order valence-electron chi connectivity index (χ0n) is 9.49. The minimum absolute atomic E-state index is 0.511. The normalized spacial score (nSPS) is 26.5. The highest BCUT2D eigenvalue weighted by molar-refractivity contribution is 7.99. The summed E-state index contributed by atoms with van der Waals surface area (Å²) in [6, 6.07) is 8.79. The third-order valence-corrected chi connectivity index (χ3v) is 4.43. The van der Waals surface area contributed by atoms with Gasteiger partial charge in [-0.1, -0.05) is 38.1 Å². The van der Waals surface area contributed by atoms with Crippen molar-refractivity contribution in [2.75, 3.05) is 12.3 Å². The molecule has 2 unspecified atom stereocenters. The van der Waals surface area contributed by atoms with Crippen LogP contribution in [-0.2, 0) is 6.42 Å². The van der Waals surface area contributed by atoms with Gasteiger partial charge in [0.05, 0.1) is 5.37 Å². The Hall–Kier alpha value is -0.470. The summed E-state index contributed by atoms with van der Waals surface area (Å²) < 4.78 is 0. The fraction of sp³-hybridized carbons (Fsp3) is 0.538. The summed E-state index contributed by atoms with van der Waals surface area (Å²) in [7, 11) is 0. The van der Waals surface area contributed by atoms with Crippen LogP contribution in [0.15, 0.2) is 24.3 Å². The highest BCUT2D eigenvalue weighted by atomic mass is 32.2. The predicted molar refractivity (Wildman–Crippen MR) is 68.2 cm³/mol. The molecule has 0 aliphatic carbocycles. The molecule has 0 spiro atoms. The Balaban J connectivity index is 2.15. The van der Waals surface area contributed by atoms with E-state index >= 15 is 0 Å². The van der Waals surface area contributed by atoms with Crippen molar-refractivity contribution in [1.29, 1.82) is 0 Å². The van der Waals surface area contributed by atoms with E-state index in [1.807, 2.05) is 11.8 Å². The van der Waals surface area contributed by atoms with E-state index in [1.165, 1.54) is 16.9 Å². The number of thioether (sulfide) groups is 1. The van der Waals surface area contributed by atoms with Crippen LogP contribution in [0.4, 0.5) is 0 Å². The third kappa shape index (κ3) is 2.56. The summed E-state index contributed by atoms with van der Waals surface area (Å²) in [5.74, 6) is 2.08. The summed E-state index contributed by atoms with van der Waals surface area (Å²) in [6.45, 7) is 5.69. The highest BCUT2D eigenvalue weighted by Crippen LogP contribution is 2.33. The van der Waals surface area contributed by atoms with Crippen LogP contribution in [0.2, 0.25) is 0 Å². The summed E-state index contributed by atoms with van der Waals surface area (Å²) in [5, 5.41) is 4.13. The minimum Gasteiger partial charge on any atom is -0.301 e. The first-order valence-electron chi connectivity index (χ1n) is 5.74. The Bertz CT molecular complexity index is 316. The summed E-state index contributed by atoms with van der Waals surface area (Å²) in [6.07, 6.45) is 1.13. The monoisotopic (exact) mass is 221 g/mol. The van der Waals surface area contributed by atoms with Crippen molar-refractivity contribution in [1.82, 2.24) is 5.32 Å². The molecule has 2 atom stereocenters. The first kappa shape index (κ1) is 11.0. The summed E-state index contributed by atoms with van der Waals surface area (Å²) >= 11 is 2.04. The molecule has 1 aromatic carbocycles. The molecule has 0 saturated carbocycles. The van der Waals surface area contributed by atoms with Crippen molar-refractivity contribution in [2.45, 2.75) is 25.6 Å². The molecule has 1 aliphatic heterocycles. The van der Waals surface area contributed by atoms with E-state index in [-0.39, 0.29) is 0 Å². The van der Waals surface area contributed by atoms with Crippen molar-refractivity contribution in [3.8, 4) is 0 Å². The number of benzene rings is 1. The van der Waals surface area contributed by atoms with Crippen molar-refractivity contribution in [3.63, 3.8) is 0 Å². The topological polar surface area (TPSA) is 12.0 Å². The predicted octanol–water partition coefficient (Wildman–Crippen LogP) is 3.22. The molecule has 1 fully saturated rings. The minimum atomic E-state index is 0.511. The number of aryl methyl sites for hydroxylation is 1. The third-order valence-electron chi connectivity index (χ3n) is 2.92. The van der Waals surface area contributed by atoms with Crippen LogP contribution >= 0.6 is 11.8 Å². The van der Waals surface area contributed by atoms with Crippen molar-refractivity contribution < 1.29 is 0 Å². The summed E-state index contributed by atoms with van der Waals surface area (Å²) in [5.41, 5.74) is 2.97. The molecule has 15 heavy (non-hydrogen) atoms. The fourth-order valence-corrected chi connectivity index (χ4v) is 3.26. The molecule has 1 nitrogen and oxygen atoms in total. The lowest BCUT2D eigenvalue weighted by atomic mass is 10.0. The van der Waals surface area contributed by atoms with Gasteiger partial charge < -0.3 is 5.32 Å². The molecule has 0 aromatic heterocycles. The molecule has 0 radical (unpaired) electrons. The van der Waals surface area contributed by atoms with Crippen LogP contribution in [-0.4, -0.2) is 12.3 Å². The van der Waals surface area contributed by atoms with Gasteiger partial charge in [-0.3, -0.25) is 0 Å². The maximum atomic E-state index is 3.62. The van der Waals surface area contributed by atoms with Crippen LogP contribution in [0.25, 0.3) is 0 Å². The molecule has 1 aliphatic rings. The standard InChI is InChI=1S/C13H19NS/c1-3-11-6-4-5-7-12(11)13-14-8-10(2)9-15-13/h4-7,10,13-14H,3,8-9H2,1-2H3. The molecule has 2 heteroatoms. The maximum absolute atomic E-state index is 3.62. The van der Waals surface area contributed by atoms with Crippen LogP contribution < -0.4 is 5.32 Å². The van der Waals surface area contributed by atoms with Gasteiger partial charge in [0.1, 0.15) is 0 Å². The van der Waals surface area contributed by atoms with Crippen LogP contribution in [0.3, 0.4) is 0 Å². The quantitative estimate of drug-likeness (QED) is 0.823. The van der Waals surface area contributed by atoms with Gasteiger partial charge in [0.25, 0.3) is 0 Å². The Labute approximate surface area is 96.7 Å².